The second-order valence-electron chi connectivity index (χ2n) is 7.77. The number of fused-ring (bicyclic) bond motifs is 1. The molecule has 0 aliphatic carbocycles. The molecule has 4 heterocycles. The lowest BCUT2D eigenvalue weighted by Gasteiger charge is -2.32. The van der Waals surface area contributed by atoms with Gasteiger partial charge < -0.3 is 9.42 Å². The van der Waals surface area contributed by atoms with Crippen LogP contribution in [-0.2, 0) is 17.8 Å². The number of rotatable bonds is 5. The number of nitrogens with zero attached hydrogens (tertiary/aromatic N) is 5. The van der Waals surface area contributed by atoms with Gasteiger partial charge in [0.15, 0.2) is 0 Å². The molecule has 3 aromatic heterocycles. The molecule has 1 amide bonds. The summed E-state index contributed by atoms with van der Waals surface area (Å²) >= 11 is 1.59. The van der Waals surface area contributed by atoms with Gasteiger partial charge in [0, 0.05) is 30.5 Å². The summed E-state index contributed by atoms with van der Waals surface area (Å²) in [4.78, 5) is 36.2. The minimum atomic E-state index is -0.195. The van der Waals surface area contributed by atoms with Crippen molar-refractivity contribution in [2.24, 2.45) is 5.92 Å². The minimum Gasteiger partial charge on any atom is -0.341 e. The Morgan fingerprint density at radius 2 is 2.16 bits per heavy atom. The van der Waals surface area contributed by atoms with Gasteiger partial charge in [-0.05, 0) is 42.3 Å². The third-order valence-corrected chi connectivity index (χ3v) is 6.30. The first-order chi connectivity index (χ1) is 15.2. The Bertz CT molecular complexity index is 1260. The number of hydrogen-bond donors (Lipinski definition) is 0. The van der Waals surface area contributed by atoms with Gasteiger partial charge in [0.05, 0.1) is 17.2 Å². The minimum absolute atomic E-state index is 0.00769. The van der Waals surface area contributed by atoms with Crippen LogP contribution in [0.3, 0.4) is 0 Å². The number of benzene rings is 1. The normalized spacial score (nSPS) is 16.6. The zero-order valence-corrected chi connectivity index (χ0v) is 17.6. The predicted molar refractivity (Wildman–Crippen MR) is 117 cm³/mol. The molecule has 0 N–H and O–H groups in total. The first kappa shape index (κ1) is 19.6. The molecular weight excluding hydrogens is 414 g/mol. The average Bonchev–Trinajstić information content (AvgIpc) is 3.48. The molecule has 9 heteroatoms. The molecule has 4 aromatic rings. The summed E-state index contributed by atoms with van der Waals surface area (Å²) in [6, 6.07) is 9.12. The van der Waals surface area contributed by atoms with E-state index in [2.05, 4.69) is 15.1 Å². The van der Waals surface area contributed by atoms with E-state index in [1.165, 1.54) is 10.9 Å². The summed E-state index contributed by atoms with van der Waals surface area (Å²) < 4.78 is 6.81. The van der Waals surface area contributed by atoms with Crippen molar-refractivity contribution in [3.05, 3.63) is 63.7 Å². The van der Waals surface area contributed by atoms with E-state index in [1.54, 1.807) is 29.5 Å². The molecule has 31 heavy (non-hydrogen) atoms. The fourth-order valence-corrected chi connectivity index (χ4v) is 4.65. The number of hydrogen-bond acceptors (Lipinski definition) is 7. The Hall–Kier alpha value is -3.33. The van der Waals surface area contributed by atoms with Crippen LogP contribution in [0.1, 0.15) is 18.7 Å². The predicted octanol–water partition coefficient (Wildman–Crippen LogP) is 2.99. The van der Waals surface area contributed by atoms with Gasteiger partial charge in [0.1, 0.15) is 6.54 Å². The second kappa shape index (κ2) is 8.43. The number of carbonyl (C=O) groups excluding carboxylic acids is 1. The Kier molecular flexibility index (Phi) is 5.33. The van der Waals surface area contributed by atoms with Crippen LogP contribution in [0.4, 0.5) is 0 Å². The summed E-state index contributed by atoms with van der Waals surface area (Å²) in [6.45, 7) is 1.30. The van der Waals surface area contributed by atoms with E-state index in [0.29, 0.717) is 42.1 Å². The quantitative estimate of drug-likeness (QED) is 0.478. The van der Waals surface area contributed by atoms with Crippen LogP contribution in [0.2, 0.25) is 0 Å². The van der Waals surface area contributed by atoms with E-state index in [1.807, 2.05) is 27.8 Å². The molecule has 0 radical (unpaired) electrons. The van der Waals surface area contributed by atoms with Gasteiger partial charge in [0.2, 0.25) is 17.6 Å². The number of likely N-dealkylation sites (tertiary alicyclic amines) is 1. The van der Waals surface area contributed by atoms with Crippen molar-refractivity contribution >= 4 is 28.1 Å². The van der Waals surface area contributed by atoms with Crippen molar-refractivity contribution in [1.29, 1.82) is 0 Å². The highest BCUT2D eigenvalue weighted by molar-refractivity contribution is 7.08. The number of piperidine rings is 1. The van der Waals surface area contributed by atoms with E-state index in [0.717, 1.165) is 18.4 Å². The topological polar surface area (TPSA) is 94.1 Å². The standard InChI is InChI=1S/C22H21N5O3S/c28-20(12-27-14-23-18-6-2-1-5-17(18)22(27)29)26-8-3-4-15(11-26)10-19-24-21(25-30-19)16-7-9-31-13-16/h1-2,5-7,9,13-15H,3-4,8,10-12H2/t15-/m1/s1. The maximum Gasteiger partial charge on any atom is 0.261 e. The Labute approximate surface area is 182 Å². The van der Waals surface area contributed by atoms with Gasteiger partial charge >= 0.3 is 0 Å². The number of carbonyl (C=O) groups is 1. The molecule has 0 unspecified atom stereocenters. The Morgan fingerprint density at radius 3 is 3.03 bits per heavy atom. The number of thiophene rings is 1. The Morgan fingerprint density at radius 1 is 1.26 bits per heavy atom. The molecule has 158 valence electrons. The molecule has 1 aromatic carbocycles. The highest BCUT2D eigenvalue weighted by Crippen LogP contribution is 2.23. The number of para-hydroxylation sites is 1. The van der Waals surface area contributed by atoms with Crippen molar-refractivity contribution in [2.45, 2.75) is 25.8 Å². The lowest BCUT2D eigenvalue weighted by Crippen LogP contribution is -2.43. The van der Waals surface area contributed by atoms with Crippen LogP contribution in [-0.4, -0.2) is 43.6 Å². The molecule has 0 saturated carbocycles. The molecule has 8 nitrogen and oxygen atoms in total. The van der Waals surface area contributed by atoms with E-state index in [-0.39, 0.29) is 23.9 Å². The van der Waals surface area contributed by atoms with Crippen molar-refractivity contribution in [2.75, 3.05) is 13.1 Å². The SMILES string of the molecule is O=C(Cn1cnc2ccccc2c1=O)N1CCC[C@H](Cc2nc(-c3ccsc3)no2)C1. The van der Waals surface area contributed by atoms with Crippen LogP contribution < -0.4 is 5.56 Å². The second-order valence-corrected chi connectivity index (χ2v) is 8.55. The van der Waals surface area contributed by atoms with Gasteiger partial charge in [-0.3, -0.25) is 14.2 Å². The summed E-state index contributed by atoms with van der Waals surface area (Å²) in [5.41, 5.74) is 1.39. The number of aromatic nitrogens is 4. The zero-order chi connectivity index (χ0) is 21.2. The maximum absolute atomic E-state index is 12.9. The largest absolute Gasteiger partial charge is 0.341 e. The van der Waals surface area contributed by atoms with Crippen molar-refractivity contribution in [1.82, 2.24) is 24.6 Å². The van der Waals surface area contributed by atoms with Gasteiger partial charge in [-0.15, -0.1) is 0 Å². The monoisotopic (exact) mass is 435 g/mol. The highest BCUT2D eigenvalue weighted by atomic mass is 32.1. The fraction of sp³-hybridized carbons (Fsp3) is 0.318. The number of amides is 1. The molecule has 1 aliphatic rings. The van der Waals surface area contributed by atoms with Crippen LogP contribution in [0.15, 0.2) is 56.7 Å². The zero-order valence-electron chi connectivity index (χ0n) is 16.8. The fourth-order valence-electron chi connectivity index (χ4n) is 4.02. The van der Waals surface area contributed by atoms with Gasteiger partial charge in [0.25, 0.3) is 5.56 Å². The highest BCUT2D eigenvalue weighted by Gasteiger charge is 2.26. The summed E-state index contributed by atoms with van der Waals surface area (Å²) in [6.07, 6.45) is 4.00. The molecule has 1 aliphatic heterocycles. The third kappa shape index (κ3) is 4.13. The maximum atomic E-state index is 12.9. The lowest BCUT2D eigenvalue weighted by molar-refractivity contribution is -0.133. The van der Waals surface area contributed by atoms with Crippen LogP contribution in [0.5, 0.6) is 0 Å². The van der Waals surface area contributed by atoms with Crippen LogP contribution >= 0.6 is 11.3 Å². The van der Waals surface area contributed by atoms with E-state index >= 15 is 0 Å². The molecule has 1 atom stereocenters. The lowest BCUT2D eigenvalue weighted by atomic mass is 9.94. The van der Waals surface area contributed by atoms with Gasteiger partial charge in [-0.25, -0.2) is 4.98 Å². The first-order valence-electron chi connectivity index (χ1n) is 10.2. The van der Waals surface area contributed by atoms with Gasteiger partial charge in [-0.2, -0.15) is 16.3 Å². The Balaban J connectivity index is 1.25. The van der Waals surface area contributed by atoms with Crippen LogP contribution in [0.25, 0.3) is 22.3 Å². The van der Waals surface area contributed by atoms with E-state index in [9.17, 15) is 9.59 Å². The third-order valence-electron chi connectivity index (χ3n) is 5.62. The molecule has 1 fully saturated rings. The molecule has 0 spiro atoms. The molecule has 1 saturated heterocycles. The smallest absolute Gasteiger partial charge is 0.261 e. The van der Waals surface area contributed by atoms with Crippen LogP contribution in [0, 0.1) is 5.92 Å². The van der Waals surface area contributed by atoms with E-state index < -0.39 is 0 Å². The summed E-state index contributed by atoms with van der Waals surface area (Å²) in [7, 11) is 0. The molecule has 5 rings (SSSR count). The average molecular weight is 436 g/mol. The molecular formula is C22H21N5O3S. The first-order valence-corrected chi connectivity index (χ1v) is 11.2. The van der Waals surface area contributed by atoms with Crippen molar-refractivity contribution < 1.29 is 9.32 Å². The van der Waals surface area contributed by atoms with Crippen molar-refractivity contribution in [3.8, 4) is 11.4 Å². The summed E-state index contributed by atoms with van der Waals surface area (Å²) in [5.74, 6) is 1.37. The summed E-state index contributed by atoms with van der Waals surface area (Å²) in [5, 5.41) is 8.55. The van der Waals surface area contributed by atoms with Crippen molar-refractivity contribution in [3.63, 3.8) is 0 Å². The van der Waals surface area contributed by atoms with E-state index in [4.69, 9.17) is 4.52 Å². The molecule has 0 bridgehead atoms. The van der Waals surface area contributed by atoms with Gasteiger partial charge in [-0.1, -0.05) is 17.3 Å².